The van der Waals surface area contributed by atoms with Crippen LogP contribution in [0.15, 0.2) is 63.6 Å². The average molecular weight is 424 g/mol. The fourth-order valence-electron chi connectivity index (χ4n) is 3.25. The van der Waals surface area contributed by atoms with Gasteiger partial charge in [-0.2, -0.15) is 0 Å². The lowest BCUT2D eigenvalue weighted by Crippen LogP contribution is -2.37. The molecule has 7 heteroatoms. The Morgan fingerprint density at radius 3 is 2.53 bits per heavy atom. The minimum absolute atomic E-state index is 0.270. The Kier molecular flexibility index (Phi) is 6.84. The zero-order valence-corrected chi connectivity index (χ0v) is 18.1. The number of nitrogens with one attached hydrogen (secondary N) is 1. The number of aryl methyl sites for hydroxylation is 2. The van der Waals surface area contributed by atoms with Crippen molar-refractivity contribution < 1.29 is 4.79 Å². The molecule has 30 heavy (non-hydrogen) atoms. The van der Waals surface area contributed by atoms with Crippen molar-refractivity contribution in [3.8, 4) is 0 Å². The van der Waals surface area contributed by atoms with Crippen molar-refractivity contribution in [2.75, 3.05) is 0 Å². The highest BCUT2D eigenvalue weighted by molar-refractivity contribution is 7.10. The molecule has 3 aromatic rings. The van der Waals surface area contributed by atoms with Gasteiger partial charge in [0, 0.05) is 31.2 Å². The number of thiophene rings is 1. The molecule has 0 fully saturated rings. The summed E-state index contributed by atoms with van der Waals surface area (Å²) in [5.41, 5.74) is 1.68. The predicted molar refractivity (Wildman–Crippen MR) is 121 cm³/mol. The van der Waals surface area contributed by atoms with Gasteiger partial charge < -0.3 is 9.88 Å². The van der Waals surface area contributed by atoms with Gasteiger partial charge in [-0.05, 0) is 35.1 Å². The zero-order valence-electron chi connectivity index (χ0n) is 17.3. The Labute approximate surface area is 179 Å². The summed E-state index contributed by atoms with van der Waals surface area (Å²) in [5.74, 6) is -0.318. The second-order valence-corrected chi connectivity index (χ2v) is 8.10. The summed E-state index contributed by atoms with van der Waals surface area (Å²) >= 11 is 1.57. The van der Waals surface area contributed by atoms with E-state index in [9.17, 15) is 14.4 Å². The SMILES string of the molecule is CCCc1ccc(C(NC(=O)/C=C/c2cn(C)c(=O)n(C)c2=O)c2cccs2)cc1. The summed E-state index contributed by atoms with van der Waals surface area (Å²) in [4.78, 5) is 37.7. The molecule has 0 bridgehead atoms. The lowest BCUT2D eigenvalue weighted by Gasteiger charge is -2.17. The molecule has 2 aromatic heterocycles. The van der Waals surface area contributed by atoms with Crippen LogP contribution in [0.5, 0.6) is 0 Å². The third kappa shape index (κ3) is 4.86. The number of nitrogens with zero attached hydrogens (tertiary/aromatic N) is 2. The summed E-state index contributed by atoms with van der Waals surface area (Å²) in [6.45, 7) is 2.15. The van der Waals surface area contributed by atoms with Crippen molar-refractivity contribution in [1.82, 2.24) is 14.5 Å². The van der Waals surface area contributed by atoms with Crippen molar-refractivity contribution in [3.05, 3.63) is 96.5 Å². The van der Waals surface area contributed by atoms with Crippen molar-refractivity contribution in [1.29, 1.82) is 0 Å². The highest BCUT2D eigenvalue weighted by Crippen LogP contribution is 2.26. The molecule has 2 heterocycles. The van der Waals surface area contributed by atoms with E-state index in [1.165, 1.54) is 35.5 Å². The van der Waals surface area contributed by atoms with E-state index in [-0.39, 0.29) is 17.5 Å². The second-order valence-electron chi connectivity index (χ2n) is 7.12. The van der Waals surface area contributed by atoms with Gasteiger partial charge in [-0.3, -0.25) is 14.2 Å². The van der Waals surface area contributed by atoms with Crippen molar-refractivity contribution in [3.63, 3.8) is 0 Å². The molecule has 1 atom stereocenters. The van der Waals surface area contributed by atoms with E-state index in [0.717, 1.165) is 27.8 Å². The van der Waals surface area contributed by atoms with E-state index in [1.807, 2.05) is 29.6 Å². The van der Waals surface area contributed by atoms with E-state index < -0.39 is 11.2 Å². The number of hydrogen-bond acceptors (Lipinski definition) is 4. The third-order valence-corrected chi connectivity index (χ3v) is 5.79. The maximum Gasteiger partial charge on any atom is 0.330 e. The molecule has 1 unspecified atom stereocenters. The van der Waals surface area contributed by atoms with Crippen LogP contribution in [0.25, 0.3) is 6.08 Å². The van der Waals surface area contributed by atoms with Gasteiger partial charge in [-0.15, -0.1) is 11.3 Å². The molecule has 0 aliphatic carbocycles. The van der Waals surface area contributed by atoms with Gasteiger partial charge in [0.2, 0.25) is 5.91 Å². The maximum absolute atomic E-state index is 12.6. The van der Waals surface area contributed by atoms with Gasteiger partial charge in [-0.1, -0.05) is 43.7 Å². The van der Waals surface area contributed by atoms with Crippen LogP contribution in [-0.4, -0.2) is 15.0 Å². The monoisotopic (exact) mass is 423 g/mol. The van der Waals surface area contributed by atoms with Crippen molar-refractivity contribution >= 4 is 23.3 Å². The van der Waals surface area contributed by atoms with Crippen molar-refractivity contribution in [2.24, 2.45) is 14.1 Å². The summed E-state index contributed by atoms with van der Waals surface area (Å²) in [7, 11) is 2.98. The molecule has 156 valence electrons. The average Bonchev–Trinajstić information content (AvgIpc) is 3.27. The van der Waals surface area contributed by atoms with Gasteiger partial charge in [0.05, 0.1) is 11.6 Å². The first-order chi connectivity index (χ1) is 14.4. The number of carbonyl (C=O) groups excluding carboxylic acids is 1. The Balaban J connectivity index is 1.83. The van der Waals surface area contributed by atoms with E-state index >= 15 is 0 Å². The Hall–Kier alpha value is -3.19. The summed E-state index contributed by atoms with van der Waals surface area (Å²) < 4.78 is 2.33. The van der Waals surface area contributed by atoms with Gasteiger partial charge in [-0.25, -0.2) is 4.79 Å². The Morgan fingerprint density at radius 2 is 1.90 bits per heavy atom. The standard InChI is InChI=1S/C23H25N3O3S/c1-4-6-16-8-10-17(11-9-16)21(19-7-5-14-30-19)24-20(27)13-12-18-15-25(2)23(29)26(3)22(18)28/h5,7-15,21H,4,6H2,1-3H3,(H,24,27)/b13-12+. The number of benzene rings is 1. The fraction of sp³-hybridized carbons (Fsp3) is 0.261. The molecular weight excluding hydrogens is 398 g/mol. The molecule has 1 N–H and O–H groups in total. The highest BCUT2D eigenvalue weighted by atomic mass is 32.1. The summed E-state index contributed by atoms with van der Waals surface area (Å²) in [5, 5.41) is 5.00. The molecule has 0 radical (unpaired) electrons. The van der Waals surface area contributed by atoms with E-state index in [2.05, 4.69) is 24.4 Å². The molecule has 1 amide bonds. The molecule has 0 aliphatic rings. The maximum atomic E-state index is 12.6. The number of amides is 1. The lowest BCUT2D eigenvalue weighted by molar-refractivity contribution is -0.116. The first kappa shape index (κ1) is 21.5. The summed E-state index contributed by atoms with van der Waals surface area (Å²) in [6, 6.07) is 11.9. The first-order valence-electron chi connectivity index (χ1n) is 9.78. The Bertz CT molecular complexity index is 1160. The molecule has 6 nitrogen and oxygen atoms in total. The molecule has 0 saturated heterocycles. The second kappa shape index (κ2) is 9.54. The molecule has 0 saturated carbocycles. The first-order valence-corrected chi connectivity index (χ1v) is 10.7. The molecule has 0 spiro atoms. The minimum Gasteiger partial charge on any atom is -0.341 e. The van der Waals surface area contributed by atoms with Gasteiger partial charge in [0.15, 0.2) is 0 Å². The topological polar surface area (TPSA) is 73.1 Å². The fourth-order valence-corrected chi connectivity index (χ4v) is 4.05. The number of aromatic nitrogens is 2. The largest absolute Gasteiger partial charge is 0.341 e. The third-order valence-electron chi connectivity index (χ3n) is 4.85. The van der Waals surface area contributed by atoms with Gasteiger partial charge in [0.1, 0.15) is 0 Å². The van der Waals surface area contributed by atoms with Crippen LogP contribution in [0.3, 0.4) is 0 Å². The van der Waals surface area contributed by atoms with Gasteiger partial charge in [0.25, 0.3) is 5.56 Å². The van der Waals surface area contributed by atoms with Gasteiger partial charge >= 0.3 is 5.69 Å². The molecular formula is C23H25N3O3S. The minimum atomic E-state index is -0.441. The summed E-state index contributed by atoms with van der Waals surface area (Å²) in [6.07, 6.45) is 6.30. The smallest absolute Gasteiger partial charge is 0.330 e. The molecule has 3 rings (SSSR count). The van der Waals surface area contributed by atoms with Crippen LogP contribution in [0, 0.1) is 0 Å². The van der Waals surface area contributed by atoms with E-state index in [0.29, 0.717) is 0 Å². The number of hydrogen-bond donors (Lipinski definition) is 1. The van der Waals surface area contributed by atoms with Crippen LogP contribution in [0.2, 0.25) is 0 Å². The van der Waals surface area contributed by atoms with Crippen LogP contribution in [0.1, 0.15) is 41.0 Å². The van der Waals surface area contributed by atoms with E-state index in [4.69, 9.17) is 0 Å². The molecule has 0 aliphatic heterocycles. The highest BCUT2D eigenvalue weighted by Gasteiger charge is 2.17. The lowest BCUT2D eigenvalue weighted by atomic mass is 10.0. The van der Waals surface area contributed by atoms with Crippen molar-refractivity contribution in [2.45, 2.75) is 25.8 Å². The van der Waals surface area contributed by atoms with Crippen LogP contribution in [0.4, 0.5) is 0 Å². The zero-order chi connectivity index (χ0) is 21.7. The Morgan fingerprint density at radius 1 is 1.17 bits per heavy atom. The predicted octanol–water partition coefficient (Wildman–Crippen LogP) is 3.02. The normalized spacial score (nSPS) is 12.2. The quantitative estimate of drug-likeness (QED) is 0.594. The molecule has 1 aromatic carbocycles. The number of carbonyl (C=O) groups is 1. The van der Waals surface area contributed by atoms with E-state index in [1.54, 1.807) is 18.4 Å². The van der Waals surface area contributed by atoms with Crippen LogP contribution >= 0.6 is 11.3 Å². The van der Waals surface area contributed by atoms with Crippen LogP contribution < -0.4 is 16.6 Å². The van der Waals surface area contributed by atoms with Crippen LogP contribution in [-0.2, 0) is 25.3 Å². The number of rotatable bonds is 7.